The van der Waals surface area contributed by atoms with Gasteiger partial charge < -0.3 is 14.0 Å². The summed E-state index contributed by atoms with van der Waals surface area (Å²) in [7, 11) is 1.69. The van der Waals surface area contributed by atoms with Crippen molar-refractivity contribution in [1.29, 1.82) is 0 Å². The second kappa shape index (κ2) is 7.37. The summed E-state index contributed by atoms with van der Waals surface area (Å²) in [5.41, 5.74) is 1.02. The van der Waals surface area contributed by atoms with Crippen molar-refractivity contribution < 1.29 is 9.47 Å². The van der Waals surface area contributed by atoms with Crippen LogP contribution in [0.25, 0.3) is 21.3 Å². The molecule has 1 saturated heterocycles. The molecule has 2 aromatic heterocycles. The first kappa shape index (κ1) is 16.3. The van der Waals surface area contributed by atoms with E-state index in [1.807, 2.05) is 36.7 Å². The molecule has 25 heavy (non-hydrogen) atoms. The first-order chi connectivity index (χ1) is 12.3. The molecule has 1 aromatic carbocycles. The van der Waals surface area contributed by atoms with Gasteiger partial charge in [0.1, 0.15) is 10.8 Å². The monoisotopic (exact) mass is 355 g/mol. The molecule has 4 rings (SSSR count). The van der Waals surface area contributed by atoms with Crippen molar-refractivity contribution in [2.45, 2.75) is 19.4 Å². The zero-order chi connectivity index (χ0) is 17.1. The third-order valence-corrected chi connectivity index (χ3v) is 5.60. The van der Waals surface area contributed by atoms with Crippen LogP contribution in [-0.2, 0) is 11.3 Å². The topological polar surface area (TPSA) is 49.2 Å². The van der Waals surface area contributed by atoms with E-state index < -0.39 is 0 Å². The Bertz CT molecular complexity index is 837. The van der Waals surface area contributed by atoms with Crippen molar-refractivity contribution in [1.82, 2.24) is 14.5 Å². The van der Waals surface area contributed by atoms with Crippen molar-refractivity contribution >= 4 is 11.3 Å². The highest BCUT2D eigenvalue weighted by atomic mass is 32.1. The molecule has 0 N–H and O–H groups in total. The smallest absolute Gasteiger partial charge is 0.151 e. The lowest BCUT2D eigenvalue weighted by molar-refractivity contribution is 0.0614. The standard InChI is InChI=1S/C19H21N3O2S/c1-23-16-5-3-2-4-15(16)19-21-12-17(25-19)18-20-8-9-22(18)13-14-6-10-24-11-7-14/h2-5,8-9,12,14H,6-7,10-11,13H2,1H3. The Morgan fingerprint density at radius 2 is 2.08 bits per heavy atom. The molecule has 0 aliphatic carbocycles. The average Bonchev–Trinajstić information content (AvgIpc) is 3.31. The van der Waals surface area contributed by atoms with E-state index in [-0.39, 0.29) is 0 Å². The van der Waals surface area contributed by atoms with Crippen molar-refractivity contribution in [3.63, 3.8) is 0 Å². The average molecular weight is 355 g/mol. The molecule has 0 unspecified atom stereocenters. The van der Waals surface area contributed by atoms with Gasteiger partial charge in [-0.3, -0.25) is 0 Å². The number of aromatic nitrogens is 3. The van der Waals surface area contributed by atoms with Gasteiger partial charge in [-0.05, 0) is 30.9 Å². The van der Waals surface area contributed by atoms with Crippen LogP contribution in [0.5, 0.6) is 5.75 Å². The number of benzene rings is 1. The molecule has 0 amide bonds. The van der Waals surface area contributed by atoms with E-state index in [4.69, 9.17) is 9.47 Å². The number of thiazole rings is 1. The highest BCUT2D eigenvalue weighted by Crippen LogP contribution is 2.36. The molecule has 0 bridgehead atoms. The maximum absolute atomic E-state index is 5.46. The third-order valence-electron chi connectivity index (χ3n) is 4.57. The van der Waals surface area contributed by atoms with Crippen LogP contribution in [0.15, 0.2) is 42.9 Å². The van der Waals surface area contributed by atoms with E-state index in [0.29, 0.717) is 5.92 Å². The lowest BCUT2D eigenvalue weighted by Gasteiger charge is -2.22. The highest BCUT2D eigenvalue weighted by molar-refractivity contribution is 7.18. The second-order valence-corrected chi connectivity index (χ2v) is 7.22. The summed E-state index contributed by atoms with van der Waals surface area (Å²) in [6.45, 7) is 2.72. The van der Waals surface area contributed by atoms with Crippen LogP contribution in [0.3, 0.4) is 0 Å². The van der Waals surface area contributed by atoms with E-state index in [1.165, 1.54) is 0 Å². The molecule has 0 radical (unpaired) electrons. The minimum atomic E-state index is 0.656. The van der Waals surface area contributed by atoms with Crippen molar-refractivity contribution in [2.75, 3.05) is 20.3 Å². The second-order valence-electron chi connectivity index (χ2n) is 6.19. The summed E-state index contributed by atoms with van der Waals surface area (Å²) in [5, 5.41) is 0.952. The van der Waals surface area contributed by atoms with Crippen LogP contribution in [0.2, 0.25) is 0 Å². The van der Waals surface area contributed by atoms with Crippen molar-refractivity contribution in [3.05, 3.63) is 42.9 Å². The Hall–Kier alpha value is -2.18. The summed E-state index contributed by atoms with van der Waals surface area (Å²) >= 11 is 1.65. The first-order valence-electron chi connectivity index (χ1n) is 8.53. The number of hydrogen-bond donors (Lipinski definition) is 0. The quantitative estimate of drug-likeness (QED) is 0.691. The molecular weight excluding hydrogens is 334 g/mol. The summed E-state index contributed by atoms with van der Waals surface area (Å²) in [6.07, 6.45) is 8.08. The number of imidazole rings is 1. The third kappa shape index (κ3) is 3.45. The van der Waals surface area contributed by atoms with Gasteiger partial charge in [-0.1, -0.05) is 12.1 Å². The van der Waals surface area contributed by atoms with Crippen LogP contribution >= 0.6 is 11.3 Å². The van der Waals surface area contributed by atoms with E-state index in [2.05, 4.69) is 20.7 Å². The fourth-order valence-corrected chi connectivity index (χ4v) is 4.17. The number of rotatable bonds is 5. The van der Waals surface area contributed by atoms with Crippen molar-refractivity contribution in [2.24, 2.45) is 5.92 Å². The number of ether oxygens (including phenoxy) is 2. The summed E-state index contributed by atoms with van der Waals surface area (Å²) in [6, 6.07) is 7.97. The lowest BCUT2D eigenvalue weighted by Crippen LogP contribution is -2.20. The predicted octanol–water partition coefficient (Wildman–Crippen LogP) is 4.11. The Morgan fingerprint density at radius 1 is 1.24 bits per heavy atom. The molecule has 5 nitrogen and oxygen atoms in total. The van der Waals surface area contributed by atoms with Gasteiger partial charge in [0, 0.05) is 38.3 Å². The maximum Gasteiger partial charge on any atom is 0.151 e. The van der Waals surface area contributed by atoms with Gasteiger partial charge in [-0.25, -0.2) is 9.97 Å². The molecule has 130 valence electrons. The minimum Gasteiger partial charge on any atom is -0.496 e. The Labute approximate surface area is 151 Å². The van der Waals surface area contributed by atoms with Gasteiger partial charge in [-0.2, -0.15) is 0 Å². The van der Waals surface area contributed by atoms with Crippen LogP contribution in [0.4, 0.5) is 0 Å². The zero-order valence-electron chi connectivity index (χ0n) is 14.2. The highest BCUT2D eigenvalue weighted by Gasteiger charge is 2.18. The van der Waals surface area contributed by atoms with Crippen LogP contribution < -0.4 is 4.74 Å². The van der Waals surface area contributed by atoms with Gasteiger partial charge in [0.2, 0.25) is 0 Å². The number of methoxy groups -OCH3 is 1. The molecule has 1 aliphatic rings. The number of nitrogens with zero attached hydrogens (tertiary/aromatic N) is 3. The van der Waals surface area contributed by atoms with E-state index >= 15 is 0 Å². The van der Waals surface area contributed by atoms with Crippen LogP contribution in [0.1, 0.15) is 12.8 Å². The van der Waals surface area contributed by atoms with Gasteiger partial charge in [-0.15, -0.1) is 11.3 Å². The normalized spacial score (nSPS) is 15.4. The lowest BCUT2D eigenvalue weighted by atomic mass is 10.0. The molecule has 0 spiro atoms. The minimum absolute atomic E-state index is 0.656. The molecule has 1 aliphatic heterocycles. The predicted molar refractivity (Wildman–Crippen MR) is 98.9 cm³/mol. The fraction of sp³-hybridized carbons (Fsp3) is 0.368. The van der Waals surface area contributed by atoms with Crippen LogP contribution in [0, 0.1) is 5.92 Å². The van der Waals surface area contributed by atoms with E-state index in [0.717, 1.165) is 59.6 Å². The Balaban J connectivity index is 1.59. The SMILES string of the molecule is COc1ccccc1-c1ncc(-c2nccn2CC2CCOCC2)s1. The largest absolute Gasteiger partial charge is 0.496 e. The van der Waals surface area contributed by atoms with E-state index in [1.54, 1.807) is 18.4 Å². The summed E-state index contributed by atoms with van der Waals surface area (Å²) < 4.78 is 13.2. The van der Waals surface area contributed by atoms with Gasteiger partial charge in [0.25, 0.3) is 0 Å². The zero-order valence-corrected chi connectivity index (χ0v) is 15.0. The van der Waals surface area contributed by atoms with E-state index in [9.17, 15) is 0 Å². The number of hydrogen-bond acceptors (Lipinski definition) is 5. The first-order valence-corrected chi connectivity index (χ1v) is 9.35. The van der Waals surface area contributed by atoms with Crippen molar-refractivity contribution in [3.8, 4) is 27.0 Å². The Morgan fingerprint density at radius 3 is 2.92 bits per heavy atom. The van der Waals surface area contributed by atoms with Gasteiger partial charge in [0.05, 0.1) is 17.6 Å². The molecule has 6 heteroatoms. The number of para-hydroxylation sites is 1. The molecule has 3 aromatic rings. The molecule has 0 saturated carbocycles. The fourth-order valence-electron chi connectivity index (χ4n) is 3.21. The maximum atomic E-state index is 5.46. The summed E-state index contributed by atoms with van der Waals surface area (Å²) in [4.78, 5) is 10.3. The van der Waals surface area contributed by atoms with Crippen LogP contribution in [-0.4, -0.2) is 34.9 Å². The van der Waals surface area contributed by atoms with Gasteiger partial charge in [0.15, 0.2) is 5.82 Å². The Kier molecular flexibility index (Phi) is 4.81. The molecule has 3 heterocycles. The summed E-state index contributed by atoms with van der Waals surface area (Å²) in [5.74, 6) is 2.49. The molecular formula is C19H21N3O2S. The molecule has 0 atom stereocenters. The molecule has 1 fully saturated rings. The van der Waals surface area contributed by atoms with Gasteiger partial charge >= 0.3 is 0 Å².